The fourth-order valence-corrected chi connectivity index (χ4v) is 5.35. The number of amides is 1. The molecule has 10 nitrogen and oxygen atoms in total. The van der Waals surface area contributed by atoms with E-state index in [4.69, 9.17) is 19.2 Å². The lowest BCUT2D eigenvalue weighted by Gasteiger charge is -2.36. The number of amidine groups is 1. The zero-order chi connectivity index (χ0) is 29.5. The number of non-ortho nitro benzene ring substituents is 1. The van der Waals surface area contributed by atoms with Crippen molar-refractivity contribution in [3.63, 3.8) is 0 Å². The summed E-state index contributed by atoms with van der Waals surface area (Å²) in [6.45, 7) is 3.45. The van der Waals surface area contributed by atoms with Gasteiger partial charge in [0.2, 0.25) is 0 Å². The summed E-state index contributed by atoms with van der Waals surface area (Å²) in [7, 11) is 3.12. The first-order valence-electron chi connectivity index (χ1n) is 12.7. The fraction of sp³-hybridized carbons (Fsp3) is 0.233. The number of methoxy groups -OCH3 is 2. The van der Waals surface area contributed by atoms with Crippen molar-refractivity contribution in [2.45, 2.75) is 25.6 Å². The number of rotatable bonds is 9. The Morgan fingerprint density at radius 1 is 1.00 bits per heavy atom. The number of carbonyl (C=O) groups is 2. The Labute approximate surface area is 241 Å². The molecule has 0 radical (unpaired) electrons. The number of nitrogens with zero attached hydrogens (tertiary/aromatic N) is 3. The monoisotopic (exact) mass is 575 g/mol. The van der Waals surface area contributed by atoms with Gasteiger partial charge in [-0.25, -0.2) is 9.79 Å². The van der Waals surface area contributed by atoms with Gasteiger partial charge in [-0.05, 0) is 61.4 Å². The van der Waals surface area contributed by atoms with E-state index in [0.717, 1.165) is 5.56 Å². The third-order valence-electron chi connectivity index (χ3n) is 6.37. The molecule has 1 amide bonds. The molecule has 0 saturated carbocycles. The number of hydrogen-bond donors (Lipinski definition) is 0. The average Bonchev–Trinajstić information content (AvgIpc) is 2.99. The Kier molecular flexibility index (Phi) is 9.41. The van der Waals surface area contributed by atoms with Gasteiger partial charge in [0.15, 0.2) is 5.17 Å². The van der Waals surface area contributed by atoms with Crippen LogP contribution in [0.2, 0.25) is 0 Å². The number of ether oxygens (including phenoxy) is 3. The van der Waals surface area contributed by atoms with Crippen LogP contribution in [0.5, 0.6) is 11.5 Å². The predicted molar refractivity (Wildman–Crippen MR) is 156 cm³/mol. The first-order valence-corrected chi connectivity index (χ1v) is 13.7. The molecule has 1 atom stereocenters. The van der Waals surface area contributed by atoms with Crippen molar-refractivity contribution in [2.24, 2.45) is 4.99 Å². The second kappa shape index (κ2) is 13.1. The van der Waals surface area contributed by atoms with Crippen LogP contribution < -0.4 is 9.47 Å². The second-order valence-electron chi connectivity index (χ2n) is 8.91. The van der Waals surface area contributed by atoms with E-state index < -0.39 is 22.8 Å². The molecule has 212 valence electrons. The Morgan fingerprint density at radius 2 is 1.63 bits per heavy atom. The zero-order valence-electron chi connectivity index (χ0n) is 23.0. The topological polar surface area (TPSA) is 121 Å². The number of benzene rings is 3. The number of thioether (sulfide) groups is 1. The summed E-state index contributed by atoms with van der Waals surface area (Å²) < 4.78 is 15.8. The summed E-state index contributed by atoms with van der Waals surface area (Å²) in [6.07, 6.45) is 0. The molecule has 0 spiro atoms. The highest BCUT2D eigenvalue weighted by Crippen LogP contribution is 2.40. The fourth-order valence-electron chi connectivity index (χ4n) is 4.34. The molecule has 1 heterocycles. The van der Waals surface area contributed by atoms with Gasteiger partial charge in [0.05, 0.1) is 43.1 Å². The van der Waals surface area contributed by atoms with Gasteiger partial charge in [-0.3, -0.25) is 19.8 Å². The number of carbonyl (C=O) groups excluding carboxylic acids is 2. The van der Waals surface area contributed by atoms with Crippen molar-refractivity contribution in [3.8, 4) is 11.5 Å². The van der Waals surface area contributed by atoms with Crippen LogP contribution in [0.1, 0.15) is 41.4 Å². The first-order chi connectivity index (χ1) is 19.8. The van der Waals surface area contributed by atoms with Crippen molar-refractivity contribution >= 4 is 34.5 Å². The predicted octanol–water partition coefficient (Wildman–Crippen LogP) is 5.94. The zero-order valence-corrected chi connectivity index (χ0v) is 23.8. The van der Waals surface area contributed by atoms with Gasteiger partial charge in [0.1, 0.15) is 11.5 Å². The van der Waals surface area contributed by atoms with Crippen molar-refractivity contribution in [1.29, 1.82) is 0 Å². The number of hydrogen-bond acceptors (Lipinski definition) is 9. The molecule has 4 rings (SSSR count). The van der Waals surface area contributed by atoms with Crippen LogP contribution in [0.25, 0.3) is 0 Å². The third-order valence-corrected chi connectivity index (χ3v) is 7.39. The molecule has 0 saturated heterocycles. The van der Waals surface area contributed by atoms with Gasteiger partial charge in [-0.1, -0.05) is 36.0 Å². The minimum atomic E-state index is -1.03. The van der Waals surface area contributed by atoms with E-state index in [2.05, 4.69) is 0 Å². The maximum absolute atomic E-state index is 14.2. The van der Waals surface area contributed by atoms with E-state index in [1.807, 2.05) is 24.3 Å². The molecule has 0 aliphatic carbocycles. The van der Waals surface area contributed by atoms with Crippen molar-refractivity contribution < 1.29 is 28.7 Å². The second-order valence-corrected chi connectivity index (χ2v) is 9.85. The molecule has 3 aromatic rings. The van der Waals surface area contributed by atoms with Gasteiger partial charge in [0, 0.05) is 23.4 Å². The van der Waals surface area contributed by atoms with Gasteiger partial charge in [-0.2, -0.15) is 0 Å². The Hall–Kier alpha value is -4.64. The number of nitro benzene ring substituents is 1. The van der Waals surface area contributed by atoms with Crippen LogP contribution in [0.4, 0.5) is 5.69 Å². The molecule has 0 aromatic heterocycles. The lowest BCUT2D eigenvalue weighted by molar-refractivity contribution is -0.384. The molecule has 3 aromatic carbocycles. The highest BCUT2D eigenvalue weighted by atomic mass is 32.2. The first kappa shape index (κ1) is 29.3. The standard InChI is InChI=1S/C30H29N3O7S/c1-5-40-29(35)26-19(2)31-30(41-18-20-9-13-24(38-3)14-10-20)32(28(34)21-11-15-25(39-4)16-12-21)27(26)22-7-6-8-23(17-22)33(36)37/h6-17,27H,5,18H2,1-4H3. The molecule has 1 aliphatic rings. The number of nitro groups is 1. The lowest BCUT2D eigenvalue weighted by atomic mass is 9.93. The van der Waals surface area contributed by atoms with E-state index in [-0.39, 0.29) is 17.9 Å². The largest absolute Gasteiger partial charge is 0.497 e. The summed E-state index contributed by atoms with van der Waals surface area (Å²) >= 11 is 1.31. The average molecular weight is 576 g/mol. The summed E-state index contributed by atoms with van der Waals surface area (Å²) in [5.41, 5.74) is 1.97. The minimum Gasteiger partial charge on any atom is -0.497 e. The van der Waals surface area contributed by atoms with Gasteiger partial charge in [-0.15, -0.1) is 0 Å². The van der Waals surface area contributed by atoms with Crippen LogP contribution in [0.3, 0.4) is 0 Å². The van der Waals surface area contributed by atoms with Crippen molar-refractivity contribution in [2.75, 3.05) is 20.8 Å². The van der Waals surface area contributed by atoms with E-state index in [0.29, 0.717) is 39.2 Å². The summed E-state index contributed by atoms with van der Waals surface area (Å²) in [5, 5.41) is 12.0. The molecule has 1 unspecified atom stereocenters. The highest BCUT2D eigenvalue weighted by molar-refractivity contribution is 8.13. The van der Waals surface area contributed by atoms with E-state index in [1.54, 1.807) is 51.3 Å². The van der Waals surface area contributed by atoms with Crippen LogP contribution in [0, 0.1) is 10.1 Å². The maximum atomic E-state index is 14.2. The third kappa shape index (κ3) is 6.58. The Morgan fingerprint density at radius 3 is 2.22 bits per heavy atom. The molecular weight excluding hydrogens is 546 g/mol. The minimum absolute atomic E-state index is 0.104. The van der Waals surface area contributed by atoms with Crippen LogP contribution in [-0.4, -0.2) is 47.7 Å². The molecular formula is C30H29N3O7S. The lowest BCUT2D eigenvalue weighted by Crippen LogP contribution is -2.43. The van der Waals surface area contributed by atoms with Crippen molar-refractivity contribution in [1.82, 2.24) is 4.90 Å². The SMILES string of the molecule is CCOC(=O)C1=C(C)N=C(SCc2ccc(OC)cc2)N(C(=O)c2ccc(OC)cc2)C1c1cccc([N+](=O)[O-])c1. The van der Waals surface area contributed by atoms with Gasteiger partial charge in [0.25, 0.3) is 11.6 Å². The maximum Gasteiger partial charge on any atom is 0.338 e. The number of allylic oxidation sites excluding steroid dienone is 1. The van der Waals surface area contributed by atoms with Gasteiger partial charge >= 0.3 is 5.97 Å². The van der Waals surface area contributed by atoms with Crippen LogP contribution in [-0.2, 0) is 15.3 Å². The molecule has 11 heteroatoms. The van der Waals surface area contributed by atoms with Crippen LogP contribution in [0.15, 0.2) is 89.1 Å². The Balaban J connectivity index is 1.86. The molecule has 0 bridgehead atoms. The molecule has 1 aliphatic heterocycles. The summed E-state index contributed by atoms with van der Waals surface area (Å²) in [5.74, 6) is 0.644. The van der Waals surface area contributed by atoms with Crippen LogP contribution >= 0.6 is 11.8 Å². The van der Waals surface area contributed by atoms with Gasteiger partial charge < -0.3 is 14.2 Å². The highest BCUT2D eigenvalue weighted by Gasteiger charge is 2.41. The summed E-state index contributed by atoms with van der Waals surface area (Å²) in [6, 6.07) is 18.9. The summed E-state index contributed by atoms with van der Waals surface area (Å²) in [4.78, 5) is 44.7. The molecule has 41 heavy (non-hydrogen) atoms. The van der Waals surface area contributed by atoms with E-state index in [1.165, 1.54) is 42.0 Å². The molecule has 0 fully saturated rings. The van der Waals surface area contributed by atoms with Crippen molar-refractivity contribution in [3.05, 3.63) is 111 Å². The number of aliphatic imine (C=N–C) groups is 1. The van der Waals surface area contributed by atoms with E-state index >= 15 is 0 Å². The smallest absolute Gasteiger partial charge is 0.338 e. The normalized spacial score (nSPS) is 14.8. The quantitative estimate of drug-likeness (QED) is 0.175. The molecule has 0 N–H and O–H groups in total. The Bertz CT molecular complexity index is 1500. The number of esters is 1. The van der Waals surface area contributed by atoms with E-state index in [9.17, 15) is 19.7 Å².